The number of anilines is 1. The molecule has 0 unspecified atom stereocenters. The Hall–Kier alpha value is -3.03. The van der Waals surface area contributed by atoms with Gasteiger partial charge in [-0.3, -0.25) is 0 Å². The molecule has 8 heteroatoms. The minimum Gasteiger partial charge on any atom is -0.462 e. The lowest BCUT2D eigenvalue weighted by molar-refractivity contribution is 0.0520. The molecule has 2 aliphatic rings. The van der Waals surface area contributed by atoms with E-state index in [1.807, 2.05) is 11.5 Å². The highest BCUT2D eigenvalue weighted by atomic mass is 35.5. The number of ether oxygens (including phenoxy) is 1. The quantitative estimate of drug-likeness (QED) is 0.219. The lowest BCUT2D eigenvalue weighted by Gasteiger charge is -2.21. The SMILES string of the molecule is CCOC(=O)c1cccc(Sc2c(C)n(CCN3CC4(CC4)c4ccccc43)c3c(F)c(Cl)ccc23)c1F. The van der Waals surface area contributed by atoms with Gasteiger partial charge in [-0.2, -0.15) is 0 Å². The Bertz CT molecular complexity index is 1580. The summed E-state index contributed by atoms with van der Waals surface area (Å²) in [5.74, 6) is -1.84. The summed E-state index contributed by atoms with van der Waals surface area (Å²) in [5, 5.41) is 0.711. The topological polar surface area (TPSA) is 34.5 Å². The van der Waals surface area contributed by atoms with Gasteiger partial charge in [0.2, 0.25) is 0 Å². The first kappa shape index (κ1) is 25.3. The predicted octanol–water partition coefficient (Wildman–Crippen LogP) is 7.76. The van der Waals surface area contributed by atoms with Crippen molar-refractivity contribution in [3.63, 3.8) is 0 Å². The fraction of sp³-hybridized carbons (Fsp3) is 0.300. The average Bonchev–Trinajstić information content (AvgIpc) is 3.56. The van der Waals surface area contributed by atoms with Crippen LogP contribution in [0.5, 0.6) is 0 Å². The second kappa shape index (κ2) is 9.62. The zero-order valence-electron chi connectivity index (χ0n) is 21.2. The first-order chi connectivity index (χ1) is 18.3. The summed E-state index contributed by atoms with van der Waals surface area (Å²) in [6.45, 7) is 5.99. The van der Waals surface area contributed by atoms with Crippen molar-refractivity contribution in [2.24, 2.45) is 0 Å². The molecule has 6 rings (SSSR count). The number of halogens is 3. The van der Waals surface area contributed by atoms with E-state index in [9.17, 15) is 4.79 Å². The van der Waals surface area contributed by atoms with Crippen molar-refractivity contribution in [1.82, 2.24) is 4.57 Å². The van der Waals surface area contributed by atoms with Crippen LogP contribution in [0.15, 0.2) is 64.4 Å². The molecular formula is C30H27ClF2N2O2S. The molecule has 1 aliphatic heterocycles. The molecule has 2 heterocycles. The van der Waals surface area contributed by atoms with E-state index in [2.05, 4.69) is 29.2 Å². The van der Waals surface area contributed by atoms with Crippen LogP contribution >= 0.6 is 23.4 Å². The standard InChI is InChI=1S/C30H27ClF2N2O2S/c1-3-37-29(36)19-7-6-10-24(25(19)32)38-28-18(2)35(27-20(28)11-12-22(31)26(27)33)16-15-34-17-30(13-14-30)21-8-4-5-9-23(21)34/h4-12H,3,13-17H2,1-2H3. The van der Waals surface area contributed by atoms with Gasteiger partial charge in [-0.05, 0) is 62.6 Å². The van der Waals surface area contributed by atoms with Crippen molar-refractivity contribution in [2.75, 3.05) is 24.6 Å². The third kappa shape index (κ3) is 4.07. The van der Waals surface area contributed by atoms with Gasteiger partial charge in [0.15, 0.2) is 11.6 Å². The Morgan fingerprint density at radius 2 is 1.84 bits per heavy atom. The lowest BCUT2D eigenvalue weighted by atomic mass is 9.99. The Kier molecular flexibility index (Phi) is 6.39. The maximum Gasteiger partial charge on any atom is 0.341 e. The predicted molar refractivity (Wildman–Crippen MR) is 148 cm³/mol. The van der Waals surface area contributed by atoms with E-state index < -0.39 is 17.6 Å². The molecule has 0 atom stereocenters. The Balaban J connectivity index is 1.36. The van der Waals surface area contributed by atoms with Crippen molar-refractivity contribution in [3.05, 3.63) is 88.1 Å². The smallest absolute Gasteiger partial charge is 0.341 e. The molecule has 0 radical (unpaired) electrons. The van der Waals surface area contributed by atoms with Crippen molar-refractivity contribution in [1.29, 1.82) is 0 Å². The fourth-order valence-electron chi connectivity index (χ4n) is 5.68. The molecule has 1 spiro atoms. The summed E-state index contributed by atoms with van der Waals surface area (Å²) in [6, 6.07) is 16.5. The molecule has 0 N–H and O–H groups in total. The summed E-state index contributed by atoms with van der Waals surface area (Å²) in [4.78, 5) is 15.6. The molecule has 1 fully saturated rings. The Morgan fingerprint density at radius 3 is 2.61 bits per heavy atom. The normalized spacial score (nSPS) is 15.3. The number of esters is 1. The second-order valence-corrected chi connectivity index (χ2v) is 11.4. The van der Waals surface area contributed by atoms with Crippen LogP contribution in [0, 0.1) is 18.6 Å². The number of carbonyl (C=O) groups is 1. The highest BCUT2D eigenvalue weighted by molar-refractivity contribution is 7.99. The van der Waals surface area contributed by atoms with Crippen LogP contribution in [0.4, 0.5) is 14.5 Å². The highest BCUT2D eigenvalue weighted by Gasteiger charge is 2.51. The number of nitrogens with zero attached hydrogens (tertiary/aromatic N) is 2. The third-order valence-corrected chi connectivity index (χ3v) is 9.29. The minimum atomic E-state index is -0.705. The Labute approximate surface area is 229 Å². The van der Waals surface area contributed by atoms with Crippen molar-refractivity contribution in [3.8, 4) is 0 Å². The van der Waals surface area contributed by atoms with Crippen LogP contribution in [-0.2, 0) is 16.7 Å². The van der Waals surface area contributed by atoms with Crippen LogP contribution < -0.4 is 4.90 Å². The van der Waals surface area contributed by atoms with Gasteiger partial charge in [0.1, 0.15) is 0 Å². The van der Waals surface area contributed by atoms with E-state index in [1.54, 1.807) is 25.1 Å². The monoisotopic (exact) mass is 552 g/mol. The first-order valence-corrected chi connectivity index (χ1v) is 14.0. The maximum absolute atomic E-state index is 15.5. The third-order valence-electron chi connectivity index (χ3n) is 7.74. The van der Waals surface area contributed by atoms with Crippen molar-refractivity contribution in [2.45, 2.75) is 48.4 Å². The van der Waals surface area contributed by atoms with Crippen LogP contribution in [0.25, 0.3) is 10.9 Å². The molecule has 1 saturated carbocycles. The molecule has 0 saturated heterocycles. The number of benzene rings is 3. The summed E-state index contributed by atoms with van der Waals surface area (Å²) in [5.41, 5.74) is 4.05. The van der Waals surface area contributed by atoms with E-state index >= 15 is 8.78 Å². The molecular weight excluding hydrogens is 526 g/mol. The molecule has 1 aliphatic carbocycles. The van der Waals surface area contributed by atoms with Crippen molar-refractivity contribution < 1.29 is 18.3 Å². The zero-order chi connectivity index (χ0) is 26.6. The molecule has 1 aromatic heterocycles. The number of fused-ring (bicyclic) bond motifs is 3. The molecule has 4 aromatic rings. The number of hydrogen-bond acceptors (Lipinski definition) is 4. The van der Waals surface area contributed by atoms with Crippen LogP contribution in [0.2, 0.25) is 5.02 Å². The number of carbonyl (C=O) groups excluding carboxylic acids is 1. The Morgan fingerprint density at radius 1 is 1.05 bits per heavy atom. The first-order valence-electron chi connectivity index (χ1n) is 12.8. The number of hydrogen-bond donors (Lipinski definition) is 0. The van der Waals surface area contributed by atoms with Gasteiger partial charge >= 0.3 is 5.97 Å². The number of para-hydroxylation sites is 1. The molecule has 196 valence electrons. The van der Waals surface area contributed by atoms with E-state index in [1.165, 1.54) is 48.0 Å². The second-order valence-electron chi connectivity index (χ2n) is 9.98. The maximum atomic E-state index is 15.5. The molecule has 4 nitrogen and oxygen atoms in total. The fourth-order valence-corrected chi connectivity index (χ4v) is 6.93. The lowest BCUT2D eigenvalue weighted by Crippen LogP contribution is -2.28. The minimum absolute atomic E-state index is 0.0479. The van der Waals surface area contributed by atoms with E-state index in [0.29, 0.717) is 24.0 Å². The van der Waals surface area contributed by atoms with Gasteiger partial charge in [0, 0.05) is 51.6 Å². The van der Waals surface area contributed by atoms with Gasteiger partial charge in [-0.25, -0.2) is 13.6 Å². The molecule has 3 aromatic carbocycles. The van der Waals surface area contributed by atoms with Crippen molar-refractivity contribution >= 4 is 45.9 Å². The van der Waals surface area contributed by atoms with E-state index in [4.69, 9.17) is 16.3 Å². The van der Waals surface area contributed by atoms with E-state index in [-0.39, 0.29) is 27.5 Å². The highest BCUT2D eigenvalue weighted by Crippen LogP contribution is 2.56. The van der Waals surface area contributed by atoms with Crippen LogP contribution in [0.3, 0.4) is 0 Å². The average molecular weight is 553 g/mol. The zero-order valence-corrected chi connectivity index (χ0v) is 22.8. The van der Waals surface area contributed by atoms with Crippen LogP contribution in [0.1, 0.15) is 41.4 Å². The molecule has 0 amide bonds. The summed E-state index contributed by atoms with van der Waals surface area (Å²) in [7, 11) is 0. The largest absolute Gasteiger partial charge is 0.462 e. The van der Waals surface area contributed by atoms with E-state index in [0.717, 1.165) is 17.1 Å². The van der Waals surface area contributed by atoms with Gasteiger partial charge in [-0.1, -0.05) is 47.6 Å². The summed E-state index contributed by atoms with van der Waals surface area (Å²) < 4.78 is 37.8. The van der Waals surface area contributed by atoms with Gasteiger partial charge in [0.25, 0.3) is 0 Å². The number of rotatable bonds is 7. The number of aromatic nitrogens is 1. The van der Waals surface area contributed by atoms with Gasteiger partial charge in [0.05, 0.1) is 22.7 Å². The molecule has 38 heavy (non-hydrogen) atoms. The summed E-state index contributed by atoms with van der Waals surface area (Å²) in [6.07, 6.45) is 2.40. The van der Waals surface area contributed by atoms with Gasteiger partial charge < -0.3 is 14.2 Å². The van der Waals surface area contributed by atoms with Gasteiger partial charge in [-0.15, -0.1) is 0 Å². The summed E-state index contributed by atoms with van der Waals surface area (Å²) >= 11 is 7.40. The van der Waals surface area contributed by atoms with Crippen LogP contribution in [-0.4, -0.2) is 30.2 Å². The molecule has 0 bridgehead atoms.